The molecular formula is C10H11BrO3. The Balaban J connectivity index is 2.47. The first-order valence-electron chi connectivity index (χ1n) is 4.37. The van der Waals surface area contributed by atoms with Crippen LogP contribution in [0.4, 0.5) is 0 Å². The summed E-state index contributed by atoms with van der Waals surface area (Å²) in [5.74, 6) is 2.21. The van der Waals surface area contributed by atoms with E-state index in [1.54, 1.807) is 7.11 Å². The summed E-state index contributed by atoms with van der Waals surface area (Å²) in [6, 6.07) is 3.91. The van der Waals surface area contributed by atoms with Gasteiger partial charge in [0.2, 0.25) is 5.75 Å². The number of ether oxygens (including phenoxy) is 3. The fourth-order valence-corrected chi connectivity index (χ4v) is 1.73. The van der Waals surface area contributed by atoms with Crippen molar-refractivity contribution in [2.75, 3.05) is 20.3 Å². The molecule has 1 aromatic carbocycles. The maximum Gasteiger partial charge on any atom is 0.203 e. The van der Waals surface area contributed by atoms with E-state index in [1.165, 1.54) is 0 Å². The molecule has 0 aromatic heterocycles. The molecule has 1 heterocycles. The van der Waals surface area contributed by atoms with Crippen LogP contribution in [0.15, 0.2) is 12.1 Å². The minimum Gasteiger partial charge on any atom is -0.493 e. The van der Waals surface area contributed by atoms with Gasteiger partial charge in [0.25, 0.3) is 0 Å². The summed E-state index contributed by atoms with van der Waals surface area (Å²) >= 11 is 3.40. The highest BCUT2D eigenvalue weighted by Gasteiger charge is 2.17. The number of methoxy groups -OCH3 is 1. The summed E-state index contributed by atoms with van der Waals surface area (Å²) in [7, 11) is 1.63. The molecule has 3 nitrogen and oxygen atoms in total. The molecule has 0 bridgehead atoms. The largest absolute Gasteiger partial charge is 0.493 e. The second kappa shape index (κ2) is 4.09. The molecule has 4 heteroatoms. The third-order valence-electron chi connectivity index (χ3n) is 2.04. The number of benzene rings is 1. The summed E-state index contributed by atoms with van der Waals surface area (Å²) in [5, 5.41) is 0.778. The lowest BCUT2D eigenvalue weighted by atomic mass is 10.2. The highest BCUT2D eigenvalue weighted by Crippen LogP contribution is 2.40. The Hall–Kier alpha value is -0.900. The van der Waals surface area contributed by atoms with Crippen molar-refractivity contribution in [2.45, 2.75) is 5.33 Å². The van der Waals surface area contributed by atoms with Crippen molar-refractivity contribution in [1.82, 2.24) is 0 Å². The number of hydrogen-bond donors (Lipinski definition) is 0. The summed E-state index contributed by atoms with van der Waals surface area (Å²) in [6.45, 7) is 1.18. The van der Waals surface area contributed by atoms with E-state index in [9.17, 15) is 0 Å². The van der Waals surface area contributed by atoms with Gasteiger partial charge in [-0.25, -0.2) is 0 Å². The van der Waals surface area contributed by atoms with Crippen LogP contribution in [0.1, 0.15) is 5.56 Å². The molecule has 0 saturated heterocycles. The maximum atomic E-state index is 5.48. The molecule has 2 rings (SSSR count). The van der Waals surface area contributed by atoms with Crippen molar-refractivity contribution in [3.05, 3.63) is 17.7 Å². The van der Waals surface area contributed by atoms with Crippen molar-refractivity contribution >= 4 is 15.9 Å². The molecule has 0 amide bonds. The standard InChI is InChI=1S/C10H11BrO3/c1-12-8-4-7(6-11)5-9-10(8)14-3-2-13-9/h4-5H,2-3,6H2,1H3. The van der Waals surface area contributed by atoms with Gasteiger partial charge in [0.1, 0.15) is 13.2 Å². The third kappa shape index (κ3) is 1.66. The molecule has 0 radical (unpaired) electrons. The molecule has 0 unspecified atom stereocenters. The predicted molar refractivity (Wildman–Crippen MR) is 56.6 cm³/mol. The molecule has 1 aromatic rings. The van der Waals surface area contributed by atoms with Gasteiger partial charge in [0, 0.05) is 5.33 Å². The Kier molecular flexibility index (Phi) is 2.82. The first-order chi connectivity index (χ1) is 6.85. The average Bonchev–Trinajstić information content (AvgIpc) is 2.27. The molecule has 1 aliphatic heterocycles. The van der Waals surface area contributed by atoms with Crippen LogP contribution in [0.5, 0.6) is 17.2 Å². The highest BCUT2D eigenvalue weighted by atomic mass is 79.9. The second-order valence-corrected chi connectivity index (χ2v) is 3.52. The van der Waals surface area contributed by atoms with E-state index < -0.39 is 0 Å². The smallest absolute Gasteiger partial charge is 0.203 e. The van der Waals surface area contributed by atoms with E-state index in [1.807, 2.05) is 12.1 Å². The quantitative estimate of drug-likeness (QED) is 0.763. The lowest BCUT2D eigenvalue weighted by Gasteiger charge is -2.21. The zero-order valence-corrected chi connectivity index (χ0v) is 9.46. The van der Waals surface area contributed by atoms with Gasteiger partial charge >= 0.3 is 0 Å². The van der Waals surface area contributed by atoms with Crippen LogP contribution in [0.3, 0.4) is 0 Å². The number of halogens is 1. The third-order valence-corrected chi connectivity index (χ3v) is 2.69. The van der Waals surface area contributed by atoms with Crippen LogP contribution in [-0.2, 0) is 5.33 Å². The molecule has 0 fully saturated rings. The molecule has 0 saturated carbocycles. The van der Waals surface area contributed by atoms with Gasteiger partial charge in [-0.1, -0.05) is 15.9 Å². The van der Waals surface area contributed by atoms with Crippen molar-refractivity contribution < 1.29 is 14.2 Å². The highest BCUT2D eigenvalue weighted by molar-refractivity contribution is 9.08. The first kappa shape index (κ1) is 9.65. The summed E-state index contributed by atoms with van der Waals surface area (Å²) in [6.07, 6.45) is 0. The van der Waals surface area contributed by atoms with E-state index in [2.05, 4.69) is 15.9 Å². The fraction of sp³-hybridized carbons (Fsp3) is 0.400. The van der Waals surface area contributed by atoms with Crippen molar-refractivity contribution in [2.24, 2.45) is 0 Å². The van der Waals surface area contributed by atoms with Crippen molar-refractivity contribution in [3.63, 3.8) is 0 Å². The number of alkyl halides is 1. The lowest BCUT2D eigenvalue weighted by Crippen LogP contribution is -2.16. The number of hydrogen-bond acceptors (Lipinski definition) is 3. The van der Waals surface area contributed by atoms with E-state index in [0.717, 1.165) is 22.4 Å². The van der Waals surface area contributed by atoms with E-state index in [-0.39, 0.29) is 0 Å². The van der Waals surface area contributed by atoms with E-state index >= 15 is 0 Å². The summed E-state index contributed by atoms with van der Waals surface area (Å²) in [4.78, 5) is 0. The molecule has 0 spiro atoms. The van der Waals surface area contributed by atoms with Crippen LogP contribution in [-0.4, -0.2) is 20.3 Å². The van der Waals surface area contributed by atoms with Crippen molar-refractivity contribution in [1.29, 1.82) is 0 Å². The molecule has 0 atom stereocenters. The van der Waals surface area contributed by atoms with Crippen LogP contribution in [0.25, 0.3) is 0 Å². The molecular weight excluding hydrogens is 248 g/mol. The van der Waals surface area contributed by atoms with Gasteiger partial charge in [-0.2, -0.15) is 0 Å². The Morgan fingerprint density at radius 3 is 2.86 bits per heavy atom. The molecule has 1 aliphatic rings. The Bertz CT molecular complexity index is 321. The van der Waals surface area contributed by atoms with Crippen LogP contribution in [0.2, 0.25) is 0 Å². The van der Waals surface area contributed by atoms with Gasteiger partial charge in [-0.15, -0.1) is 0 Å². The topological polar surface area (TPSA) is 27.7 Å². The number of rotatable bonds is 2. The SMILES string of the molecule is COc1cc(CBr)cc2c1OCCO2. The Morgan fingerprint density at radius 2 is 2.14 bits per heavy atom. The van der Waals surface area contributed by atoms with Crippen LogP contribution < -0.4 is 14.2 Å². The van der Waals surface area contributed by atoms with Gasteiger partial charge in [0.15, 0.2) is 11.5 Å². The second-order valence-electron chi connectivity index (χ2n) is 2.96. The van der Waals surface area contributed by atoms with Gasteiger partial charge in [-0.05, 0) is 17.7 Å². The Labute approximate surface area is 91.1 Å². The summed E-state index contributed by atoms with van der Waals surface area (Å²) < 4.78 is 16.2. The molecule has 0 aliphatic carbocycles. The fourth-order valence-electron chi connectivity index (χ4n) is 1.40. The van der Waals surface area contributed by atoms with Crippen LogP contribution in [0, 0.1) is 0 Å². The van der Waals surface area contributed by atoms with E-state index in [0.29, 0.717) is 19.0 Å². The minimum absolute atomic E-state index is 0.580. The Morgan fingerprint density at radius 1 is 1.36 bits per heavy atom. The lowest BCUT2D eigenvalue weighted by molar-refractivity contribution is 0.165. The number of fused-ring (bicyclic) bond motifs is 1. The average molecular weight is 259 g/mol. The first-order valence-corrected chi connectivity index (χ1v) is 5.49. The minimum atomic E-state index is 0.580. The van der Waals surface area contributed by atoms with Gasteiger partial charge in [-0.3, -0.25) is 0 Å². The van der Waals surface area contributed by atoms with Gasteiger partial charge in [0.05, 0.1) is 7.11 Å². The van der Waals surface area contributed by atoms with Crippen molar-refractivity contribution in [3.8, 4) is 17.2 Å². The zero-order valence-electron chi connectivity index (χ0n) is 7.88. The molecule has 76 valence electrons. The van der Waals surface area contributed by atoms with E-state index in [4.69, 9.17) is 14.2 Å². The maximum absolute atomic E-state index is 5.48. The van der Waals surface area contributed by atoms with Gasteiger partial charge < -0.3 is 14.2 Å². The monoisotopic (exact) mass is 258 g/mol. The molecule has 14 heavy (non-hydrogen) atoms. The molecule has 0 N–H and O–H groups in total. The predicted octanol–water partition coefficient (Wildman–Crippen LogP) is 2.36. The summed E-state index contributed by atoms with van der Waals surface area (Å²) in [5.41, 5.74) is 1.12. The normalized spacial score (nSPS) is 13.9. The zero-order chi connectivity index (χ0) is 9.97. The van der Waals surface area contributed by atoms with Crippen LogP contribution >= 0.6 is 15.9 Å².